The van der Waals surface area contributed by atoms with Crippen LogP contribution < -0.4 is 0 Å². The first-order chi connectivity index (χ1) is 31.1. The fourth-order valence-electron chi connectivity index (χ4n) is 18.8. The van der Waals surface area contributed by atoms with E-state index >= 15 is 0 Å². The van der Waals surface area contributed by atoms with Crippen LogP contribution in [0.3, 0.4) is 0 Å². The van der Waals surface area contributed by atoms with E-state index in [1.165, 1.54) is 89.9 Å². The van der Waals surface area contributed by atoms with E-state index in [2.05, 4.69) is 75.1 Å². The van der Waals surface area contributed by atoms with Gasteiger partial charge in [0.25, 0.3) is 0 Å². The summed E-state index contributed by atoms with van der Waals surface area (Å²) in [6, 6.07) is 0. The Kier molecular flexibility index (Phi) is 17.2. The lowest BCUT2D eigenvalue weighted by Crippen LogP contribution is -2.63. The van der Waals surface area contributed by atoms with Gasteiger partial charge >= 0.3 is 0 Å². The van der Waals surface area contributed by atoms with Gasteiger partial charge in [-0.2, -0.15) is 0 Å². The monoisotopic (exact) mass is 905 g/mol. The van der Waals surface area contributed by atoms with Crippen LogP contribution in [0.1, 0.15) is 184 Å². The van der Waals surface area contributed by atoms with Crippen molar-refractivity contribution in [2.45, 2.75) is 220 Å². The quantitative estimate of drug-likeness (QED) is 0.126. The zero-order valence-corrected chi connectivity index (χ0v) is 43.1. The number of ether oxygens (including phenoxy) is 3. The van der Waals surface area contributed by atoms with Crippen molar-refractivity contribution in [3.05, 3.63) is 38.0 Å². The summed E-state index contributed by atoms with van der Waals surface area (Å²) in [6.07, 6.45) is 29.3. The van der Waals surface area contributed by atoms with Crippen molar-refractivity contribution >= 4 is 0 Å². The molecule has 372 valence electrons. The van der Waals surface area contributed by atoms with Crippen molar-refractivity contribution in [3.8, 4) is 0 Å². The summed E-state index contributed by atoms with van der Waals surface area (Å²) in [5.74, 6) is 6.89. The highest BCUT2D eigenvalue weighted by Gasteiger charge is 2.68. The molecule has 0 saturated heterocycles. The van der Waals surface area contributed by atoms with Crippen LogP contribution in [0.15, 0.2) is 38.0 Å². The zero-order valence-electron chi connectivity index (χ0n) is 43.1. The van der Waals surface area contributed by atoms with E-state index < -0.39 is 0 Å². The average Bonchev–Trinajstić information content (AvgIpc) is 3.84. The molecule has 8 saturated carbocycles. The SMILES string of the molecule is C=CCO[C@@H]1CC[C@@]2(C)[C@@H](C1)C[C@@H](OCC=C)[C@@H]1[C@@H]2C[C@H](OCC=C)[C@]2(C)[C@@H]([C@H](C)CCCC)CC[C@@H]12.CCCC[C@@H](C)[C@H]1CC[C@H]2[C@@H]3[C@H](O)C[C@@H]4C[C@H](O)CC[C@]4(C)[C@H]3C[C@H](O)[C@]12C. The number of rotatable bonds is 17. The van der Waals surface area contributed by atoms with Crippen molar-refractivity contribution in [1.29, 1.82) is 0 Å². The first kappa shape index (κ1) is 51.8. The molecule has 0 aliphatic heterocycles. The van der Waals surface area contributed by atoms with E-state index in [4.69, 9.17) is 14.2 Å². The van der Waals surface area contributed by atoms with Crippen LogP contribution in [0, 0.1) is 92.7 Å². The molecule has 0 aromatic carbocycles. The fraction of sp³-hybridized carbons (Fsp3) is 0.898. The highest BCUT2D eigenvalue weighted by molar-refractivity contribution is 5.17. The molecule has 22 atom stereocenters. The summed E-state index contributed by atoms with van der Waals surface area (Å²) in [7, 11) is 0. The molecule has 3 N–H and O–H groups in total. The van der Waals surface area contributed by atoms with E-state index in [0.717, 1.165) is 50.4 Å². The van der Waals surface area contributed by atoms with Crippen molar-refractivity contribution in [2.24, 2.45) is 92.7 Å². The largest absolute Gasteiger partial charge is 0.393 e. The molecule has 0 heterocycles. The minimum absolute atomic E-state index is 0.0350. The Hall–Kier alpha value is -1.02. The van der Waals surface area contributed by atoms with Crippen LogP contribution in [0.2, 0.25) is 0 Å². The maximum absolute atomic E-state index is 11.5. The van der Waals surface area contributed by atoms with Crippen LogP contribution in [-0.4, -0.2) is 71.8 Å². The molecule has 0 aromatic rings. The highest BCUT2D eigenvalue weighted by atomic mass is 16.5. The molecule has 8 fully saturated rings. The van der Waals surface area contributed by atoms with Crippen LogP contribution >= 0.6 is 0 Å². The summed E-state index contributed by atoms with van der Waals surface area (Å²) in [5, 5.41) is 33.1. The summed E-state index contributed by atoms with van der Waals surface area (Å²) in [6.45, 7) is 33.4. The van der Waals surface area contributed by atoms with Crippen molar-refractivity contribution < 1.29 is 29.5 Å². The Balaban J connectivity index is 0.000000201. The number of aliphatic hydroxyl groups is 3. The fourth-order valence-corrected chi connectivity index (χ4v) is 18.8. The molecule has 8 aliphatic carbocycles. The molecular weight excluding hydrogens is 805 g/mol. The molecule has 0 radical (unpaired) electrons. The molecule has 6 heteroatoms. The van der Waals surface area contributed by atoms with E-state index in [1.807, 2.05) is 18.2 Å². The number of aliphatic hydroxyl groups excluding tert-OH is 3. The summed E-state index contributed by atoms with van der Waals surface area (Å²) >= 11 is 0. The average molecular weight is 905 g/mol. The number of hydrogen-bond donors (Lipinski definition) is 3. The standard InChI is InChI=1S/C34H56O3.C25H44O3/c1-8-12-13-24(5)27-14-15-28-32-29(23-31(34(27,28)7)37-20-11-4)33(6)17-16-26(35-18-9-2)21-25(33)22-30(32)36-19-10-3;1-5-6-7-15(2)18-8-9-19-23-20(14-22(28)25(18,19)4)24(3)11-10-17(26)12-16(24)13-21(23)27/h9-11,24-32H,2-4,8,12-23H2,1,5-7H3;15-23,26-28H,5-14H2,1-4H3/t24-,25+,26-,27-,28+,29+,30-,31+,32+,33+,34-;15-,16+,17-,18-,19+,20+,21-,22+,23+,24+,25-/m11/s1. The number of hydrogen-bond acceptors (Lipinski definition) is 6. The summed E-state index contributed by atoms with van der Waals surface area (Å²) in [5.41, 5.74) is 0.681. The lowest BCUT2D eigenvalue weighted by Gasteiger charge is -2.64. The maximum atomic E-state index is 11.5. The predicted molar refractivity (Wildman–Crippen MR) is 267 cm³/mol. The van der Waals surface area contributed by atoms with Gasteiger partial charge in [0, 0.05) is 5.41 Å². The van der Waals surface area contributed by atoms with Crippen LogP contribution in [0.4, 0.5) is 0 Å². The van der Waals surface area contributed by atoms with Crippen molar-refractivity contribution in [1.82, 2.24) is 0 Å². The van der Waals surface area contributed by atoms with Gasteiger partial charge in [0.15, 0.2) is 0 Å². The Labute approximate surface area is 399 Å². The van der Waals surface area contributed by atoms with Gasteiger partial charge in [0.1, 0.15) is 0 Å². The Morgan fingerprint density at radius 2 is 1.11 bits per heavy atom. The van der Waals surface area contributed by atoms with Gasteiger partial charge in [-0.15, -0.1) is 19.7 Å². The highest BCUT2D eigenvalue weighted by Crippen LogP contribution is 2.71. The molecule has 0 unspecified atom stereocenters. The molecular formula is C59H100O6. The van der Waals surface area contributed by atoms with Gasteiger partial charge in [-0.25, -0.2) is 0 Å². The Bertz CT molecular complexity index is 1560. The topological polar surface area (TPSA) is 88.4 Å². The third kappa shape index (κ3) is 9.50. The smallest absolute Gasteiger partial charge is 0.0648 e. The van der Waals surface area contributed by atoms with E-state index in [1.54, 1.807) is 0 Å². The second-order valence-electron chi connectivity index (χ2n) is 25.1. The molecule has 8 rings (SSSR count). The van der Waals surface area contributed by atoms with Crippen molar-refractivity contribution in [3.63, 3.8) is 0 Å². The van der Waals surface area contributed by atoms with Crippen LogP contribution in [0.5, 0.6) is 0 Å². The molecule has 0 bridgehead atoms. The number of unbranched alkanes of at least 4 members (excludes halogenated alkanes) is 2. The minimum atomic E-state index is -0.255. The third-order valence-electron chi connectivity index (χ3n) is 22.3. The summed E-state index contributed by atoms with van der Waals surface area (Å²) in [4.78, 5) is 0. The third-order valence-corrected chi connectivity index (χ3v) is 22.3. The van der Waals surface area contributed by atoms with Crippen LogP contribution in [-0.2, 0) is 14.2 Å². The molecule has 0 aromatic heterocycles. The lowest BCUT2D eigenvalue weighted by molar-refractivity contribution is -0.223. The lowest BCUT2D eigenvalue weighted by atomic mass is 9.43. The second-order valence-corrected chi connectivity index (χ2v) is 25.1. The zero-order chi connectivity index (χ0) is 46.9. The first-order valence-corrected chi connectivity index (χ1v) is 27.8. The minimum Gasteiger partial charge on any atom is -0.393 e. The van der Waals surface area contributed by atoms with Gasteiger partial charge in [-0.3, -0.25) is 0 Å². The van der Waals surface area contributed by atoms with Gasteiger partial charge in [-0.1, -0.05) is 112 Å². The second kappa shape index (κ2) is 21.5. The Morgan fingerprint density at radius 3 is 1.72 bits per heavy atom. The molecule has 8 aliphatic rings. The molecule has 0 amide bonds. The van der Waals surface area contributed by atoms with Gasteiger partial charge < -0.3 is 29.5 Å². The van der Waals surface area contributed by atoms with Gasteiger partial charge in [-0.05, 0) is 177 Å². The number of fused-ring (bicyclic) bond motifs is 10. The summed E-state index contributed by atoms with van der Waals surface area (Å²) < 4.78 is 19.7. The van der Waals surface area contributed by atoms with Crippen molar-refractivity contribution in [2.75, 3.05) is 19.8 Å². The Morgan fingerprint density at radius 1 is 0.569 bits per heavy atom. The predicted octanol–water partition coefficient (Wildman–Crippen LogP) is 13.2. The van der Waals surface area contributed by atoms with E-state index in [9.17, 15) is 15.3 Å². The molecule has 6 nitrogen and oxygen atoms in total. The molecule has 65 heavy (non-hydrogen) atoms. The molecule has 0 spiro atoms. The van der Waals surface area contributed by atoms with E-state index in [0.29, 0.717) is 103 Å². The van der Waals surface area contributed by atoms with E-state index in [-0.39, 0.29) is 34.6 Å². The van der Waals surface area contributed by atoms with Gasteiger partial charge in [0.2, 0.25) is 0 Å². The maximum Gasteiger partial charge on any atom is 0.0648 e. The van der Waals surface area contributed by atoms with Gasteiger partial charge in [0.05, 0.1) is 56.4 Å². The first-order valence-electron chi connectivity index (χ1n) is 27.8. The van der Waals surface area contributed by atoms with Crippen LogP contribution in [0.25, 0.3) is 0 Å². The normalized spacial score (nSPS) is 48.4.